The number of aliphatic hydroxyl groups excluding tert-OH is 1. The van der Waals surface area contributed by atoms with E-state index < -0.39 is 12.0 Å². The summed E-state index contributed by atoms with van der Waals surface area (Å²) in [5, 5.41) is 12.9. The molecule has 0 aliphatic carbocycles. The topological polar surface area (TPSA) is 97.3 Å². The molecule has 3 aliphatic heterocycles. The Morgan fingerprint density at radius 2 is 2.07 bits per heavy atom. The Bertz CT molecular complexity index is 792. The highest BCUT2D eigenvalue weighted by atomic mass is 16.5. The van der Waals surface area contributed by atoms with Crippen molar-refractivity contribution in [2.24, 2.45) is 5.92 Å². The summed E-state index contributed by atoms with van der Waals surface area (Å²) in [5.41, 5.74) is 1.65. The van der Waals surface area contributed by atoms with Crippen molar-refractivity contribution in [1.82, 2.24) is 4.90 Å². The second-order valence-corrected chi connectivity index (χ2v) is 8.51. The molecule has 3 aliphatic rings. The van der Waals surface area contributed by atoms with Crippen LogP contribution in [0.4, 0.5) is 5.69 Å². The number of fused-ring (bicyclic) bond motifs is 4. The average molecular weight is 418 g/mol. The van der Waals surface area contributed by atoms with Crippen molar-refractivity contribution < 1.29 is 28.9 Å². The molecule has 2 amide bonds. The second kappa shape index (κ2) is 8.91. The van der Waals surface area contributed by atoms with Gasteiger partial charge in [-0.05, 0) is 24.6 Å². The van der Waals surface area contributed by atoms with Crippen molar-refractivity contribution in [2.75, 3.05) is 39.2 Å². The summed E-state index contributed by atoms with van der Waals surface area (Å²) in [5.74, 6) is -0.200. The number of anilines is 1. The number of aliphatic hydroxyl groups is 1. The molecule has 2 N–H and O–H groups in total. The van der Waals surface area contributed by atoms with Crippen LogP contribution in [0.5, 0.6) is 5.75 Å². The van der Waals surface area contributed by atoms with Crippen molar-refractivity contribution in [2.45, 2.75) is 49.9 Å². The van der Waals surface area contributed by atoms with E-state index in [1.54, 1.807) is 14.1 Å². The fourth-order valence-electron chi connectivity index (χ4n) is 4.64. The lowest BCUT2D eigenvalue weighted by atomic mass is 9.76. The number of benzene rings is 1. The predicted octanol–water partition coefficient (Wildman–Crippen LogP) is 1.52. The molecule has 0 saturated carbocycles. The number of nitrogens with zero attached hydrogens (tertiary/aromatic N) is 1. The lowest BCUT2D eigenvalue weighted by Crippen LogP contribution is -2.48. The third kappa shape index (κ3) is 4.31. The molecule has 2 fully saturated rings. The molecule has 2 bridgehead atoms. The number of amides is 2. The largest absolute Gasteiger partial charge is 0.490 e. The van der Waals surface area contributed by atoms with Crippen LogP contribution >= 0.6 is 0 Å². The van der Waals surface area contributed by atoms with Gasteiger partial charge < -0.3 is 29.5 Å². The molecule has 8 heteroatoms. The van der Waals surface area contributed by atoms with Crippen LogP contribution in [0.3, 0.4) is 0 Å². The number of hydrogen-bond donors (Lipinski definition) is 2. The third-order valence-corrected chi connectivity index (χ3v) is 6.24. The van der Waals surface area contributed by atoms with Gasteiger partial charge in [-0.1, -0.05) is 0 Å². The molecule has 4 atom stereocenters. The Morgan fingerprint density at radius 1 is 1.30 bits per heavy atom. The minimum Gasteiger partial charge on any atom is -0.490 e. The quantitative estimate of drug-likeness (QED) is 0.753. The smallest absolute Gasteiger partial charge is 0.230 e. The summed E-state index contributed by atoms with van der Waals surface area (Å²) < 4.78 is 17.8. The van der Waals surface area contributed by atoms with Gasteiger partial charge in [-0.25, -0.2) is 0 Å². The van der Waals surface area contributed by atoms with Crippen LogP contribution in [0.1, 0.15) is 37.2 Å². The second-order valence-electron chi connectivity index (χ2n) is 8.51. The van der Waals surface area contributed by atoms with Gasteiger partial charge in [0, 0.05) is 44.1 Å². The van der Waals surface area contributed by atoms with Gasteiger partial charge in [-0.3, -0.25) is 9.59 Å². The van der Waals surface area contributed by atoms with Crippen molar-refractivity contribution in [3.63, 3.8) is 0 Å². The summed E-state index contributed by atoms with van der Waals surface area (Å²) in [6, 6.07) is 5.71. The molecule has 30 heavy (non-hydrogen) atoms. The fourth-order valence-corrected chi connectivity index (χ4v) is 4.64. The molecule has 0 unspecified atom stereocenters. The van der Waals surface area contributed by atoms with Gasteiger partial charge in [-0.2, -0.15) is 0 Å². The minimum atomic E-state index is -0.672. The maximum Gasteiger partial charge on any atom is 0.230 e. The van der Waals surface area contributed by atoms with Gasteiger partial charge in [-0.15, -0.1) is 0 Å². The first-order valence-corrected chi connectivity index (χ1v) is 10.6. The van der Waals surface area contributed by atoms with Crippen LogP contribution in [-0.2, 0) is 19.1 Å². The van der Waals surface area contributed by atoms with Crippen LogP contribution in [0.15, 0.2) is 18.2 Å². The summed E-state index contributed by atoms with van der Waals surface area (Å²) in [6.07, 6.45) is 1.42. The molecule has 2 saturated heterocycles. The monoisotopic (exact) mass is 418 g/mol. The van der Waals surface area contributed by atoms with Crippen molar-refractivity contribution >= 4 is 17.5 Å². The molecular weight excluding hydrogens is 388 g/mol. The Balaban J connectivity index is 1.64. The zero-order valence-corrected chi connectivity index (χ0v) is 17.5. The highest BCUT2D eigenvalue weighted by molar-refractivity contribution is 5.95. The molecule has 0 aromatic heterocycles. The molecule has 8 nitrogen and oxygen atoms in total. The fraction of sp³-hybridized carbons (Fsp3) is 0.636. The molecule has 3 heterocycles. The average Bonchev–Trinajstić information content (AvgIpc) is 2.85. The standard InChI is InChI=1S/C22H30N2O6/c1-24(2)20(26)11-15-10-17-16-9-13(23-22(27)21(17)19(12-25)30-15)3-4-18(16)29-14-5-7-28-8-6-14/h3-4,9,14-15,17,19,21,25H,5-8,10-12H2,1-2H3,(H,23,27)/t15-,17+,19-,21-/m0/s1. The molecule has 1 aromatic carbocycles. The summed E-state index contributed by atoms with van der Waals surface area (Å²) in [6.45, 7) is 1.08. The van der Waals surface area contributed by atoms with Gasteiger partial charge in [0.25, 0.3) is 0 Å². The Hall–Kier alpha value is -2.16. The lowest BCUT2D eigenvalue weighted by molar-refractivity contribution is -0.150. The molecule has 1 aromatic rings. The SMILES string of the molecule is CN(C)C(=O)C[C@@H]1C[C@@H]2c3cc(ccc3OC3CCOCC3)NC(=O)[C@@H]2[C@H](CO)O1. The van der Waals surface area contributed by atoms with E-state index in [0.29, 0.717) is 25.3 Å². The number of carbonyl (C=O) groups is 2. The van der Waals surface area contributed by atoms with E-state index in [1.165, 1.54) is 4.90 Å². The first-order chi connectivity index (χ1) is 14.5. The van der Waals surface area contributed by atoms with E-state index in [0.717, 1.165) is 24.2 Å². The van der Waals surface area contributed by atoms with Crippen LogP contribution in [0, 0.1) is 5.92 Å². The van der Waals surface area contributed by atoms with Crippen LogP contribution in [0.2, 0.25) is 0 Å². The lowest BCUT2D eigenvalue weighted by Gasteiger charge is -2.40. The molecular formula is C22H30N2O6. The van der Waals surface area contributed by atoms with E-state index >= 15 is 0 Å². The van der Waals surface area contributed by atoms with Gasteiger partial charge in [0.2, 0.25) is 11.8 Å². The van der Waals surface area contributed by atoms with Crippen molar-refractivity contribution in [3.05, 3.63) is 23.8 Å². The Morgan fingerprint density at radius 3 is 2.77 bits per heavy atom. The number of rotatable bonds is 5. The zero-order chi connectivity index (χ0) is 21.3. The highest BCUT2D eigenvalue weighted by Gasteiger charge is 2.46. The van der Waals surface area contributed by atoms with Gasteiger partial charge in [0.05, 0.1) is 44.4 Å². The number of nitrogens with one attached hydrogen (secondary N) is 1. The highest BCUT2D eigenvalue weighted by Crippen LogP contribution is 2.46. The Kier molecular flexibility index (Phi) is 6.26. The maximum atomic E-state index is 13.0. The van der Waals surface area contributed by atoms with Crippen LogP contribution in [-0.4, -0.2) is 74.0 Å². The number of carbonyl (C=O) groups excluding carboxylic acids is 2. The van der Waals surface area contributed by atoms with E-state index in [1.807, 2.05) is 18.2 Å². The van der Waals surface area contributed by atoms with E-state index in [9.17, 15) is 14.7 Å². The number of ether oxygens (including phenoxy) is 3. The van der Waals surface area contributed by atoms with E-state index in [-0.39, 0.29) is 43.0 Å². The van der Waals surface area contributed by atoms with Gasteiger partial charge >= 0.3 is 0 Å². The van der Waals surface area contributed by atoms with Gasteiger partial charge in [0.15, 0.2) is 0 Å². The summed E-state index contributed by atoms with van der Waals surface area (Å²) in [4.78, 5) is 26.8. The third-order valence-electron chi connectivity index (χ3n) is 6.24. The Labute approximate surface area is 176 Å². The first kappa shape index (κ1) is 21.1. The number of hydrogen-bond acceptors (Lipinski definition) is 6. The minimum absolute atomic E-state index is 0.0411. The van der Waals surface area contributed by atoms with Crippen molar-refractivity contribution in [3.8, 4) is 5.75 Å². The maximum absolute atomic E-state index is 13.0. The normalized spacial score (nSPS) is 28.8. The van der Waals surface area contributed by atoms with E-state index in [2.05, 4.69) is 5.32 Å². The van der Waals surface area contributed by atoms with E-state index in [4.69, 9.17) is 14.2 Å². The van der Waals surface area contributed by atoms with Crippen LogP contribution < -0.4 is 10.1 Å². The molecule has 0 radical (unpaired) electrons. The van der Waals surface area contributed by atoms with Crippen LogP contribution in [0.25, 0.3) is 0 Å². The zero-order valence-electron chi connectivity index (χ0n) is 17.5. The molecule has 0 spiro atoms. The summed E-state index contributed by atoms with van der Waals surface area (Å²) >= 11 is 0. The first-order valence-electron chi connectivity index (χ1n) is 10.6. The molecule has 4 rings (SSSR count). The van der Waals surface area contributed by atoms with Gasteiger partial charge in [0.1, 0.15) is 11.9 Å². The summed E-state index contributed by atoms with van der Waals surface area (Å²) in [7, 11) is 3.42. The molecule has 164 valence electrons. The van der Waals surface area contributed by atoms with Crippen molar-refractivity contribution in [1.29, 1.82) is 0 Å². The predicted molar refractivity (Wildman–Crippen MR) is 109 cm³/mol.